The van der Waals surface area contributed by atoms with E-state index in [1.807, 2.05) is 12.1 Å². The highest BCUT2D eigenvalue weighted by molar-refractivity contribution is 6.14. The minimum atomic E-state index is -1.35. The van der Waals surface area contributed by atoms with Crippen LogP contribution in [0.4, 0.5) is 5.69 Å². The van der Waals surface area contributed by atoms with Crippen molar-refractivity contribution in [1.82, 2.24) is 5.32 Å². The van der Waals surface area contributed by atoms with E-state index in [1.54, 1.807) is 48.5 Å². The normalized spacial score (nSPS) is 22.0. The average molecular weight is 282 g/mol. The Kier molecular flexibility index (Phi) is 3.41. The third-order valence-corrected chi connectivity index (χ3v) is 3.43. The van der Waals surface area contributed by atoms with Gasteiger partial charge in [0.1, 0.15) is 5.92 Å². The van der Waals surface area contributed by atoms with E-state index in [2.05, 4.69) is 5.32 Å². The zero-order valence-electron chi connectivity index (χ0n) is 11.1. The molecule has 0 aliphatic carbocycles. The maximum atomic E-state index is 12.7. The van der Waals surface area contributed by atoms with Crippen molar-refractivity contribution in [1.29, 1.82) is 0 Å². The van der Waals surface area contributed by atoms with Crippen LogP contribution in [0.25, 0.3) is 0 Å². The predicted octanol–water partition coefficient (Wildman–Crippen LogP) is 1.21. The molecule has 3 rings (SSSR count). The predicted molar refractivity (Wildman–Crippen MR) is 77.3 cm³/mol. The fourth-order valence-corrected chi connectivity index (χ4v) is 2.44. The fraction of sp³-hybridized carbons (Fsp3) is 0.125. The molecule has 2 aromatic rings. The molecule has 0 saturated carbocycles. The lowest BCUT2D eigenvalue weighted by molar-refractivity contribution is -0.138. The second kappa shape index (κ2) is 5.38. The zero-order chi connectivity index (χ0) is 14.8. The number of rotatable bonds is 2. The molecule has 2 amide bonds. The largest absolute Gasteiger partial charge is 0.356 e. The number of benzene rings is 2. The first-order chi connectivity index (χ1) is 10.2. The molecule has 1 heterocycles. The first-order valence-electron chi connectivity index (χ1n) is 6.60. The standard InChI is InChI=1S/C16H14N2O3/c19-14-13(11-7-3-1-4-8-11)15(20)18(16(21)17-14)12-9-5-2-6-10-12/h1-10,13,16,21H,(H,17,19). The van der Waals surface area contributed by atoms with Gasteiger partial charge in [0.25, 0.3) is 0 Å². The topological polar surface area (TPSA) is 69.6 Å². The molecule has 1 aliphatic heterocycles. The maximum Gasteiger partial charge on any atom is 0.247 e. The molecule has 2 unspecified atom stereocenters. The van der Waals surface area contributed by atoms with Crippen LogP contribution in [0.2, 0.25) is 0 Å². The minimum absolute atomic E-state index is 0.441. The lowest BCUT2D eigenvalue weighted by Gasteiger charge is -2.36. The van der Waals surface area contributed by atoms with E-state index in [9.17, 15) is 14.7 Å². The van der Waals surface area contributed by atoms with Gasteiger partial charge in [-0.25, -0.2) is 0 Å². The summed E-state index contributed by atoms with van der Waals surface area (Å²) in [6, 6.07) is 17.6. The molecule has 0 radical (unpaired) electrons. The molecule has 5 nitrogen and oxygen atoms in total. The van der Waals surface area contributed by atoms with Gasteiger partial charge in [-0.2, -0.15) is 0 Å². The summed E-state index contributed by atoms with van der Waals surface area (Å²) in [7, 11) is 0. The van der Waals surface area contributed by atoms with Gasteiger partial charge in [-0.15, -0.1) is 0 Å². The molecule has 2 atom stereocenters. The Morgan fingerprint density at radius 2 is 1.48 bits per heavy atom. The van der Waals surface area contributed by atoms with E-state index >= 15 is 0 Å². The molecule has 1 aliphatic rings. The summed E-state index contributed by atoms with van der Waals surface area (Å²) in [6.45, 7) is 0. The number of hydrogen-bond donors (Lipinski definition) is 2. The van der Waals surface area contributed by atoms with Crippen molar-refractivity contribution >= 4 is 17.5 Å². The smallest absolute Gasteiger partial charge is 0.247 e. The number of carbonyl (C=O) groups excluding carboxylic acids is 2. The Hall–Kier alpha value is -2.66. The van der Waals surface area contributed by atoms with Crippen LogP contribution in [0.15, 0.2) is 60.7 Å². The number of amides is 2. The number of aliphatic hydroxyl groups is 1. The number of nitrogens with zero attached hydrogens (tertiary/aromatic N) is 1. The summed E-state index contributed by atoms with van der Waals surface area (Å²) in [6.07, 6.45) is -1.35. The van der Waals surface area contributed by atoms with Gasteiger partial charge in [0.15, 0.2) is 0 Å². The van der Waals surface area contributed by atoms with Crippen LogP contribution >= 0.6 is 0 Å². The lowest BCUT2D eigenvalue weighted by atomic mass is 9.95. The van der Waals surface area contributed by atoms with Crippen molar-refractivity contribution in [3.63, 3.8) is 0 Å². The van der Waals surface area contributed by atoms with Gasteiger partial charge < -0.3 is 10.4 Å². The van der Waals surface area contributed by atoms with Crippen LogP contribution in [0.1, 0.15) is 11.5 Å². The fourth-order valence-electron chi connectivity index (χ4n) is 2.44. The van der Waals surface area contributed by atoms with Crippen molar-refractivity contribution in [2.75, 3.05) is 4.90 Å². The van der Waals surface area contributed by atoms with Crippen LogP contribution in [-0.4, -0.2) is 23.3 Å². The summed E-state index contributed by atoms with van der Waals surface area (Å²) in [4.78, 5) is 25.9. The van der Waals surface area contributed by atoms with Crippen molar-refractivity contribution in [2.24, 2.45) is 0 Å². The molecule has 1 saturated heterocycles. The average Bonchev–Trinajstić information content (AvgIpc) is 2.49. The molecule has 106 valence electrons. The third-order valence-electron chi connectivity index (χ3n) is 3.43. The first-order valence-corrected chi connectivity index (χ1v) is 6.60. The van der Waals surface area contributed by atoms with Crippen LogP contribution < -0.4 is 10.2 Å². The van der Waals surface area contributed by atoms with Gasteiger partial charge in [-0.05, 0) is 17.7 Å². The second-order valence-corrected chi connectivity index (χ2v) is 4.77. The van der Waals surface area contributed by atoms with E-state index < -0.39 is 24.1 Å². The molecule has 1 fully saturated rings. The summed E-state index contributed by atoms with van der Waals surface area (Å²) in [5, 5.41) is 12.4. The molecular weight excluding hydrogens is 268 g/mol. The highest BCUT2D eigenvalue weighted by Crippen LogP contribution is 2.27. The number of para-hydroxylation sites is 1. The van der Waals surface area contributed by atoms with Gasteiger partial charge in [0.2, 0.25) is 18.2 Å². The summed E-state index contributed by atoms with van der Waals surface area (Å²) in [5.41, 5.74) is 1.14. The van der Waals surface area contributed by atoms with Crippen LogP contribution in [0.5, 0.6) is 0 Å². The van der Waals surface area contributed by atoms with Gasteiger partial charge in [0.05, 0.1) is 0 Å². The number of nitrogens with one attached hydrogen (secondary N) is 1. The van der Waals surface area contributed by atoms with Crippen LogP contribution in [-0.2, 0) is 9.59 Å². The Balaban J connectivity index is 2.00. The van der Waals surface area contributed by atoms with Gasteiger partial charge >= 0.3 is 0 Å². The van der Waals surface area contributed by atoms with Crippen molar-refractivity contribution < 1.29 is 14.7 Å². The SMILES string of the molecule is O=C1NC(O)N(c2ccccc2)C(=O)C1c1ccccc1. The minimum Gasteiger partial charge on any atom is -0.356 e. The quantitative estimate of drug-likeness (QED) is 0.813. The van der Waals surface area contributed by atoms with E-state index in [0.717, 1.165) is 0 Å². The number of carbonyl (C=O) groups is 2. The van der Waals surface area contributed by atoms with Crippen molar-refractivity contribution in [2.45, 2.75) is 12.3 Å². The van der Waals surface area contributed by atoms with E-state index in [0.29, 0.717) is 11.3 Å². The highest BCUT2D eigenvalue weighted by atomic mass is 16.3. The van der Waals surface area contributed by atoms with Gasteiger partial charge in [-0.1, -0.05) is 48.5 Å². The summed E-state index contributed by atoms with van der Waals surface area (Å²) < 4.78 is 0. The van der Waals surface area contributed by atoms with Gasteiger partial charge in [0, 0.05) is 5.69 Å². The van der Waals surface area contributed by atoms with Crippen molar-refractivity contribution in [3.05, 3.63) is 66.2 Å². The van der Waals surface area contributed by atoms with E-state index in [4.69, 9.17) is 0 Å². The number of hydrogen-bond acceptors (Lipinski definition) is 3. The molecular formula is C16H14N2O3. The third kappa shape index (κ3) is 2.39. The maximum absolute atomic E-state index is 12.7. The molecule has 5 heteroatoms. The molecule has 2 N–H and O–H groups in total. The molecule has 0 aromatic heterocycles. The summed E-state index contributed by atoms with van der Waals surface area (Å²) >= 11 is 0. The van der Waals surface area contributed by atoms with E-state index in [-0.39, 0.29) is 0 Å². The van der Waals surface area contributed by atoms with Crippen LogP contribution in [0, 0.1) is 0 Å². The zero-order valence-corrected chi connectivity index (χ0v) is 11.1. The molecule has 21 heavy (non-hydrogen) atoms. The Labute approximate surface area is 121 Å². The van der Waals surface area contributed by atoms with Crippen LogP contribution in [0.3, 0.4) is 0 Å². The monoisotopic (exact) mass is 282 g/mol. The Morgan fingerprint density at radius 3 is 2.10 bits per heavy atom. The van der Waals surface area contributed by atoms with Gasteiger partial charge in [-0.3, -0.25) is 14.5 Å². The molecule has 2 aromatic carbocycles. The molecule has 0 spiro atoms. The number of aliphatic hydroxyl groups excluding tert-OH is 1. The molecule has 0 bridgehead atoms. The Bertz CT molecular complexity index is 658. The first kappa shape index (κ1) is 13.3. The second-order valence-electron chi connectivity index (χ2n) is 4.77. The number of anilines is 1. The van der Waals surface area contributed by atoms with E-state index in [1.165, 1.54) is 4.90 Å². The van der Waals surface area contributed by atoms with Crippen molar-refractivity contribution in [3.8, 4) is 0 Å². The summed E-state index contributed by atoms with van der Waals surface area (Å²) in [5.74, 6) is -1.88. The lowest BCUT2D eigenvalue weighted by Crippen LogP contribution is -2.60. The highest BCUT2D eigenvalue weighted by Gasteiger charge is 2.41. The Morgan fingerprint density at radius 1 is 0.905 bits per heavy atom.